The quantitative estimate of drug-likeness (QED) is 0.890. The Morgan fingerprint density at radius 3 is 2.19 bits per heavy atom. The van der Waals surface area contributed by atoms with Gasteiger partial charge >= 0.3 is 12.1 Å². The molecule has 0 unspecified atom stereocenters. The van der Waals surface area contributed by atoms with E-state index in [-0.39, 0.29) is 0 Å². The van der Waals surface area contributed by atoms with Gasteiger partial charge in [-0.3, -0.25) is 4.79 Å². The maximum atomic E-state index is 12.5. The lowest BCUT2D eigenvalue weighted by atomic mass is 9.68. The second kappa shape index (κ2) is 5.70. The molecule has 1 fully saturated rings. The number of hydrogen-bond donors (Lipinski definition) is 1. The molecule has 1 aromatic carbocycles. The molecule has 116 valence electrons. The molecule has 1 aliphatic carbocycles. The van der Waals surface area contributed by atoms with E-state index in [4.69, 9.17) is 0 Å². The first kappa shape index (κ1) is 15.9. The zero-order valence-electron chi connectivity index (χ0n) is 11.9. The average Bonchev–Trinajstić information content (AvgIpc) is 2.41. The van der Waals surface area contributed by atoms with Crippen LogP contribution < -0.4 is 0 Å². The molecule has 0 radical (unpaired) electrons. The number of alkyl halides is 3. The van der Waals surface area contributed by atoms with Gasteiger partial charge in [0.15, 0.2) is 0 Å². The maximum absolute atomic E-state index is 12.5. The number of benzene rings is 1. The standard InChI is InChI=1S/C16H19F3O2/c1-11-6-8-15(9-7-11,14(20)21)10-12-2-4-13(5-3-12)16(17,18)19/h2-5,11H,6-10H2,1H3,(H,20,21). The van der Waals surface area contributed by atoms with Gasteiger partial charge in [0.25, 0.3) is 0 Å². The molecule has 5 heteroatoms. The molecule has 0 heterocycles. The van der Waals surface area contributed by atoms with Crippen molar-refractivity contribution in [3.63, 3.8) is 0 Å². The lowest BCUT2D eigenvalue weighted by molar-refractivity contribution is -0.151. The van der Waals surface area contributed by atoms with Gasteiger partial charge in [-0.2, -0.15) is 13.2 Å². The van der Waals surface area contributed by atoms with E-state index in [0.717, 1.165) is 25.0 Å². The van der Waals surface area contributed by atoms with Crippen molar-refractivity contribution in [3.05, 3.63) is 35.4 Å². The Morgan fingerprint density at radius 2 is 1.76 bits per heavy atom. The SMILES string of the molecule is CC1CCC(Cc2ccc(C(F)(F)F)cc2)(C(=O)O)CC1. The van der Waals surface area contributed by atoms with Crippen LogP contribution in [0.5, 0.6) is 0 Å². The summed E-state index contributed by atoms with van der Waals surface area (Å²) in [5.41, 5.74) is -0.875. The van der Waals surface area contributed by atoms with Crippen LogP contribution in [0.25, 0.3) is 0 Å². The molecule has 1 aromatic rings. The van der Waals surface area contributed by atoms with Crippen molar-refractivity contribution in [1.29, 1.82) is 0 Å². The molecule has 21 heavy (non-hydrogen) atoms. The Morgan fingerprint density at radius 1 is 1.24 bits per heavy atom. The summed E-state index contributed by atoms with van der Waals surface area (Å²) in [6.07, 6.45) is -1.18. The van der Waals surface area contributed by atoms with Crippen LogP contribution in [0.2, 0.25) is 0 Å². The van der Waals surface area contributed by atoms with Crippen LogP contribution in [-0.4, -0.2) is 11.1 Å². The monoisotopic (exact) mass is 300 g/mol. The van der Waals surface area contributed by atoms with E-state index in [9.17, 15) is 23.1 Å². The number of aliphatic carboxylic acids is 1. The highest BCUT2D eigenvalue weighted by atomic mass is 19.4. The second-order valence-electron chi connectivity index (χ2n) is 6.14. The van der Waals surface area contributed by atoms with Gasteiger partial charge in [0.2, 0.25) is 0 Å². The van der Waals surface area contributed by atoms with Crippen LogP contribution in [-0.2, 0) is 17.4 Å². The number of hydrogen-bond acceptors (Lipinski definition) is 1. The van der Waals surface area contributed by atoms with E-state index < -0.39 is 23.1 Å². The molecule has 0 bridgehead atoms. The van der Waals surface area contributed by atoms with Crippen LogP contribution in [0.15, 0.2) is 24.3 Å². The summed E-state index contributed by atoms with van der Waals surface area (Å²) in [6, 6.07) is 4.84. The highest BCUT2D eigenvalue weighted by molar-refractivity contribution is 5.75. The fraction of sp³-hybridized carbons (Fsp3) is 0.562. The second-order valence-corrected chi connectivity index (χ2v) is 6.14. The van der Waals surface area contributed by atoms with Gasteiger partial charge in [-0.1, -0.05) is 19.1 Å². The topological polar surface area (TPSA) is 37.3 Å². The Balaban J connectivity index is 2.16. The fourth-order valence-electron chi connectivity index (χ4n) is 2.98. The first-order valence-corrected chi connectivity index (χ1v) is 7.12. The number of carboxylic acids is 1. The van der Waals surface area contributed by atoms with Crippen molar-refractivity contribution in [2.75, 3.05) is 0 Å². The molecule has 0 saturated heterocycles. The molecule has 0 spiro atoms. The highest BCUT2D eigenvalue weighted by Gasteiger charge is 2.41. The lowest BCUT2D eigenvalue weighted by Crippen LogP contribution is -2.37. The minimum atomic E-state index is -4.36. The molecule has 1 saturated carbocycles. The van der Waals surface area contributed by atoms with Gasteiger partial charge in [0, 0.05) is 0 Å². The van der Waals surface area contributed by atoms with Crippen molar-refractivity contribution in [2.45, 2.75) is 45.2 Å². The maximum Gasteiger partial charge on any atom is 0.416 e. The number of rotatable bonds is 3. The average molecular weight is 300 g/mol. The molecule has 1 aliphatic rings. The van der Waals surface area contributed by atoms with Gasteiger partial charge in [0.1, 0.15) is 0 Å². The van der Waals surface area contributed by atoms with E-state index in [1.54, 1.807) is 0 Å². The Kier molecular flexibility index (Phi) is 4.30. The van der Waals surface area contributed by atoms with Crippen molar-refractivity contribution >= 4 is 5.97 Å². The largest absolute Gasteiger partial charge is 0.481 e. The first-order valence-electron chi connectivity index (χ1n) is 7.12. The summed E-state index contributed by atoms with van der Waals surface area (Å²) in [4.78, 5) is 11.6. The van der Waals surface area contributed by atoms with Crippen molar-refractivity contribution in [3.8, 4) is 0 Å². The smallest absolute Gasteiger partial charge is 0.416 e. The molecule has 0 atom stereocenters. The van der Waals surface area contributed by atoms with Crippen molar-refractivity contribution in [1.82, 2.24) is 0 Å². The predicted octanol–water partition coefficient (Wildman–Crippen LogP) is 4.53. The predicted molar refractivity (Wildman–Crippen MR) is 72.8 cm³/mol. The lowest BCUT2D eigenvalue weighted by Gasteiger charge is -2.36. The molecule has 0 amide bonds. The van der Waals surface area contributed by atoms with Crippen LogP contribution in [0.3, 0.4) is 0 Å². The van der Waals surface area contributed by atoms with Gasteiger partial charge in [-0.25, -0.2) is 0 Å². The third-order valence-corrected chi connectivity index (χ3v) is 4.51. The summed E-state index contributed by atoms with van der Waals surface area (Å²) in [5.74, 6) is -0.320. The molecule has 2 nitrogen and oxygen atoms in total. The summed E-state index contributed by atoms with van der Waals surface area (Å²) in [5, 5.41) is 9.54. The molecule has 0 aliphatic heterocycles. The first-order chi connectivity index (χ1) is 9.73. The van der Waals surface area contributed by atoms with Crippen LogP contribution in [0.4, 0.5) is 13.2 Å². The Bertz CT molecular complexity index is 497. The summed E-state index contributed by atoms with van der Waals surface area (Å²) in [6.45, 7) is 2.10. The fourth-order valence-corrected chi connectivity index (χ4v) is 2.98. The number of carbonyl (C=O) groups is 1. The van der Waals surface area contributed by atoms with Gasteiger partial charge in [-0.15, -0.1) is 0 Å². The minimum Gasteiger partial charge on any atom is -0.481 e. The number of halogens is 3. The van der Waals surface area contributed by atoms with Crippen LogP contribution >= 0.6 is 0 Å². The molecular formula is C16H19F3O2. The zero-order chi connectivity index (χ0) is 15.7. The van der Waals surface area contributed by atoms with E-state index in [1.807, 2.05) is 0 Å². The van der Waals surface area contributed by atoms with Crippen LogP contribution in [0.1, 0.15) is 43.7 Å². The molecule has 1 N–H and O–H groups in total. The molecule has 2 rings (SSSR count). The van der Waals surface area contributed by atoms with Crippen molar-refractivity contribution in [2.24, 2.45) is 11.3 Å². The highest BCUT2D eigenvalue weighted by Crippen LogP contribution is 2.42. The third-order valence-electron chi connectivity index (χ3n) is 4.51. The molecule has 0 aromatic heterocycles. The Hall–Kier alpha value is -1.52. The summed E-state index contributed by atoms with van der Waals surface area (Å²) < 4.78 is 37.6. The summed E-state index contributed by atoms with van der Waals surface area (Å²) in [7, 11) is 0. The minimum absolute atomic E-state index is 0.299. The third kappa shape index (κ3) is 3.57. The summed E-state index contributed by atoms with van der Waals surface area (Å²) >= 11 is 0. The van der Waals surface area contributed by atoms with E-state index in [1.165, 1.54) is 12.1 Å². The van der Waals surface area contributed by atoms with E-state index in [2.05, 4.69) is 6.92 Å². The van der Waals surface area contributed by atoms with Gasteiger partial charge in [0.05, 0.1) is 11.0 Å². The number of carboxylic acid groups (broad SMARTS) is 1. The Labute approximate surface area is 122 Å². The van der Waals surface area contributed by atoms with Gasteiger partial charge < -0.3 is 5.11 Å². The zero-order valence-corrected chi connectivity index (χ0v) is 11.9. The normalized spacial score (nSPS) is 26.6. The van der Waals surface area contributed by atoms with E-state index in [0.29, 0.717) is 30.7 Å². The van der Waals surface area contributed by atoms with Gasteiger partial charge in [-0.05, 0) is 55.7 Å². The van der Waals surface area contributed by atoms with Crippen molar-refractivity contribution < 1.29 is 23.1 Å². The van der Waals surface area contributed by atoms with Crippen LogP contribution in [0, 0.1) is 11.3 Å². The van der Waals surface area contributed by atoms with E-state index >= 15 is 0 Å². The molecular weight excluding hydrogens is 281 g/mol.